The minimum absolute atomic E-state index is 0.0178. The van der Waals surface area contributed by atoms with Crippen molar-refractivity contribution in [3.63, 3.8) is 0 Å². The molecule has 1 N–H and O–H groups in total. The summed E-state index contributed by atoms with van der Waals surface area (Å²) >= 11 is -2.78. The molecule has 0 amide bonds. The zero-order valence-electron chi connectivity index (χ0n) is 20.6. The van der Waals surface area contributed by atoms with Gasteiger partial charge in [0.15, 0.2) is 0 Å². The molecule has 0 aromatic heterocycles. The number of fused-ring (bicyclic) bond motifs is 1. The number of methoxy groups -OCH3 is 2. The summed E-state index contributed by atoms with van der Waals surface area (Å²) in [6.45, 7) is 6.67. The monoisotopic (exact) mass is 508 g/mol. The van der Waals surface area contributed by atoms with Crippen molar-refractivity contribution < 1.29 is 24.2 Å². The molecule has 0 saturated heterocycles. The van der Waals surface area contributed by atoms with E-state index < -0.39 is 43.1 Å². The van der Waals surface area contributed by atoms with Gasteiger partial charge in [0.05, 0.1) is 0 Å². The Balaban J connectivity index is 2.80. The van der Waals surface area contributed by atoms with Gasteiger partial charge in [0.25, 0.3) is 0 Å². The maximum atomic E-state index is 13.3. The summed E-state index contributed by atoms with van der Waals surface area (Å²) in [6.07, 6.45) is 5.72. The van der Waals surface area contributed by atoms with E-state index in [0.717, 1.165) is 49.7 Å². The van der Waals surface area contributed by atoms with Crippen LogP contribution in [-0.2, 0) is 19.1 Å². The fourth-order valence-corrected chi connectivity index (χ4v) is 20.3. The standard InChI is InChI=1S/C26H42GeO5/c1-6-9-16-27(17-10-7-2,18-11-8-3)23-19-14-12-13-15-20(19)24(28)22(26(30)32-5)21(23)25(29)31-4/h12-15,21-24,28H,6-11,16-18H2,1-5H3/t21-,22-,23+,24+/m0/s1. The molecule has 2 rings (SSSR count). The van der Waals surface area contributed by atoms with Crippen molar-refractivity contribution in [1.82, 2.24) is 0 Å². The second kappa shape index (κ2) is 12.8. The molecule has 0 heterocycles. The van der Waals surface area contributed by atoms with E-state index in [9.17, 15) is 14.7 Å². The summed E-state index contributed by atoms with van der Waals surface area (Å²) in [5.74, 6) is -2.53. The predicted octanol–water partition coefficient (Wildman–Crippen LogP) is 5.78. The first-order chi connectivity index (χ1) is 15.4. The molecule has 1 aliphatic carbocycles. The van der Waals surface area contributed by atoms with Crippen LogP contribution in [0, 0.1) is 11.8 Å². The molecule has 6 heteroatoms. The fourth-order valence-electron chi connectivity index (χ4n) is 5.82. The third-order valence-electron chi connectivity index (χ3n) is 7.43. The van der Waals surface area contributed by atoms with Crippen molar-refractivity contribution in [1.29, 1.82) is 0 Å². The summed E-state index contributed by atoms with van der Waals surface area (Å²) in [5.41, 5.74) is 1.85. The number of esters is 2. The van der Waals surface area contributed by atoms with Crippen molar-refractivity contribution >= 4 is 25.2 Å². The average Bonchev–Trinajstić information content (AvgIpc) is 2.83. The first kappa shape index (κ1) is 26.9. The summed E-state index contributed by atoms with van der Waals surface area (Å²) in [5, 5.41) is 14.8. The van der Waals surface area contributed by atoms with Gasteiger partial charge in [-0.25, -0.2) is 0 Å². The molecule has 4 atom stereocenters. The fraction of sp³-hybridized carbons (Fsp3) is 0.692. The normalized spacial score (nSPS) is 22.8. The topological polar surface area (TPSA) is 72.8 Å². The third-order valence-corrected chi connectivity index (χ3v) is 20.1. The minimum atomic E-state index is -2.78. The predicted molar refractivity (Wildman–Crippen MR) is 130 cm³/mol. The van der Waals surface area contributed by atoms with Crippen molar-refractivity contribution in [2.45, 2.75) is 85.9 Å². The van der Waals surface area contributed by atoms with Gasteiger partial charge in [-0.1, -0.05) is 0 Å². The van der Waals surface area contributed by atoms with Crippen molar-refractivity contribution in [3.8, 4) is 0 Å². The van der Waals surface area contributed by atoms with E-state index in [1.54, 1.807) is 0 Å². The molecule has 180 valence electrons. The number of hydrogen-bond acceptors (Lipinski definition) is 5. The molecule has 0 aliphatic heterocycles. The number of carbonyl (C=O) groups excluding carboxylic acids is 2. The first-order valence-corrected chi connectivity index (χ1v) is 18.0. The number of unbranched alkanes of at least 4 members (excludes halogenated alkanes) is 3. The molecular formula is C26H42GeO5. The Hall–Kier alpha value is -1.34. The molecule has 0 bridgehead atoms. The number of ether oxygens (including phenoxy) is 2. The van der Waals surface area contributed by atoms with Crippen molar-refractivity contribution in [3.05, 3.63) is 35.4 Å². The number of rotatable bonds is 12. The number of aliphatic hydroxyl groups is 1. The summed E-state index contributed by atoms with van der Waals surface area (Å²) in [7, 11) is 2.72. The third kappa shape index (κ3) is 5.59. The van der Waals surface area contributed by atoms with Crippen LogP contribution in [-0.4, -0.2) is 44.5 Å². The molecule has 0 radical (unpaired) electrons. The molecule has 32 heavy (non-hydrogen) atoms. The Bertz CT molecular complexity index is 728. The zero-order chi connectivity index (χ0) is 23.7. The van der Waals surface area contributed by atoms with Gasteiger partial charge < -0.3 is 0 Å². The second-order valence-corrected chi connectivity index (χ2v) is 19.5. The van der Waals surface area contributed by atoms with Crippen molar-refractivity contribution in [2.24, 2.45) is 11.8 Å². The summed E-state index contributed by atoms with van der Waals surface area (Å²) < 4.78 is 10.4. The Kier molecular flexibility index (Phi) is 10.8. The Morgan fingerprint density at radius 3 is 1.69 bits per heavy atom. The maximum absolute atomic E-state index is 13.3. The quantitative estimate of drug-likeness (QED) is 0.287. The molecule has 0 unspecified atom stereocenters. The van der Waals surface area contributed by atoms with Gasteiger partial charge in [-0.2, -0.15) is 0 Å². The van der Waals surface area contributed by atoms with Crippen LogP contribution >= 0.6 is 0 Å². The van der Waals surface area contributed by atoms with Crippen LogP contribution < -0.4 is 0 Å². The summed E-state index contributed by atoms with van der Waals surface area (Å²) in [4.78, 5) is 26.3. The van der Waals surface area contributed by atoms with Gasteiger partial charge in [0.2, 0.25) is 0 Å². The molecule has 1 aliphatic rings. The van der Waals surface area contributed by atoms with Crippen LogP contribution in [0.2, 0.25) is 15.8 Å². The Labute approximate surface area is 196 Å². The van der Waals surface area contributed by atoms with E-state index in [1.807, 2.05) is 18.2 Å². The van der Waals surface area contributed by atoms with Gasteiger partial charge >= 0.3 is 197 Å². The van der Waals surface area contributed by atoms with Crippen LogP contribution in [0.3, 0.4) is 0 Å². The molecule has 0 spiro atoms. The molecule has 1 aromatic carbocycles. The van der Waals surface area contributed by atoms with E-state index in [2.05, 4.69) is 26.8 Å². The average molecular weight is 507 g/mol. The van der Waals surface area contributed by atoms with Gasteiger partial charge in [0.1, 0.15) is 0 Å². The second-order valence-electron chi connectivity index (χ2n) is 9.32. The molecule has 0 saturated carbocycles. The van der Waals surface area contributed by atoms with Crippen LogP contribution in [0.4, 0.5) is 0 Å². The van der Waals surface area contributed by atoms with Crippen LogP contribution in [0.15, 0.2) is 24.3 Å². The van der Waals surface area contributed by atoms with Crippen LogP contribution in [0.1, 0.15) is 81.3 Å². The van der Waals surface area contributed by atoms with Crippen LogP contribution in [0.25, 0.3) is 0 Å². The van der Waals surface area contributed by atoms with Crippen molar-refractivity contribution in [2.75, 3.05) is 14.2 Å². The molecule has 0 fully saturated rings. The van der Waals surface area contributed by atoms with Gasteiger partial charge in [-0.3, -0.25) is 0 Å². The molecule has 1 aromatic rings. The number of aliphatic hydroxyl groups excluding tert-OH is 1. The molecule has 5 nitrogen and oxygen atoms in total. The number of carbonyl (C=O) groups is 2. The summed E-state index contributed by atoms with van der Waals surface area (Å²) in [6, 6.07) is 7.90. The Morgan fingerprint density at radius 1 is 0.812 bits per heavy atom. The van der Waals surface area contributed by atoms with E-state index >= 15 is 0 Å². The van der Waals surface area contributed by atoms with Crippen LogP contribution in [0.5, 0.6) is 0 Å². The van der Waals surface area contributed by atoms with E-state index in [0.29, 0.717) is 0 Å². The van der Waals surface area contributed by atoms with E-state index in [1.165, 1.54) is 30.0 Å². The van der Waals surface area contributed by atoms with E-state index in [-0.39, 0.29) is 4.75 Å². The molecular weight excluding hydrogens is 465 g/mol. The van der Waals surface area contributed by atoms with Gasteiger partial charge in [0, 0.05) is 0 Å². The van der Waals surface area contributed by atoms with Gasteiger partial charge in [-0.05, 0) is 0 Å². The number of hydrogen-bond donors (Lipinski definition) is 1. The SMILES string of the molecule is CCC[CH2][Ge]([CH2]CCC)([CH2]CCC)[C@@H]1c2ccccc2[C@@H](O)[C@@H](C(=O)OC)[C@@H]1C(=O)OC. The first-order valence-electron chi connectivity index (χ1n) is 12.3. The van der Waals surface area contributed by atoms with E-state index in [4.69, 9.17) is 9.47 Å². The Morgan fingerprint density at radius 2 is 1.25 bits per heavy atom. The zero-order valence-corrected chi connectivity index (χ0v) is 22.7. The van der Waals surface area contributed by atoms with Gasteiger partial charge in [-0.15, -0.1) is 0 Å². The number of benzene rings is 1.